The summed E-state index contributed by atoms with van der Waals surface area (Å²) < 4.78 is 18.9. The van der Waals surface area contributed by atoms with Crippen molar-refractivity contribution in [1.29, 1.82) is 0 Å². The van der Waals surface area contributed by atoms with Crippen LogP contribution in [0.5, 0.6) is 5.75 Å². The standard InChI is InChI=1S/C22H19FN2O3/c1-22(17-9-5-7-15-6-3-4-8-16(15)17)20(26)25(21(27)24-22)13-14-10-11-19(28-2)18(23)12-14/h3-12H,13H2,1-2H3,(H,24,27)/t22-/m0/s1. The second-order valence-corrected chi connectivity index (χ2v) is 6.94. The molecule has 0 unspecified atom stereocenters. The van der Waals surface area contributed by atoms with Crippen LogP contribution in [-0.2, 0) is 16.9 Å². The molecule has 0 saturated carbocycles. The Morgan fingerprint density at radius 2 is 1.82 bits per heavy atom. The Labute approximate surface area is 161 Å². The number of carbonyl (C=O) groups excluding carboxylic acids is 2. The molecule has 142 valence electrons. The molecule has 1 heterocycles. The van der Waals surface area contributed by atoms with Gasteiger partial charge in [0.05, 0.1) is 13.7 Å². The second-order valence-electron chi connectivity index (χ2n) is 6.94. The van der Waals surface area contributed by atoms with Crippen LogP contribution in [0.2, 0.25) is 0 Å². The summed E-state index contributed by atoms with van der Waals surface area (Å²) in [7, 11) is 1.38. The molecule has 0 spiro atoms. The minimum Gasteiger partial charge on any atom is -0.494 e. The maximum absolute atomic E-state index is 14.0. The molecule has 1 aliphatic heterocycles. The monoisotopic (exact) mass is 378 g/mol. The average Bonchev–Trinajstić information content (AvgIpc) is 2.91. The zero-order valence-electron chi connectivity index (χ0n) is 15.5. The molecule has 4 rings (SSSR count). The molecule has 6 heteroatoms. The third kappa shape index (κ3) is 2.78. The highest BCUT2D eigenvalue weighted by Crippen LogP contribution is 2.34. The predicted octanol–water partition coefficient (Wildman–Crippen LogP) is 3.95. The smallest absolute Gasteiger partial charge is 0.325 e. The lowest BCUT2D eigenvalue weighted by Gasteiger charge is -2.24. The number of benzene rings is 3. The molecule has 3 aromatic rings. The molecule has 3 aromatic carbocycles. The molecule has 1 saturated heterocycles. The summed E-state index contributed by atoms with van der Waals surface area (Å²) in [4.78, 5) is 26.9. The van der Waals surface area contributed by atoms with Crippen LogP contribution < -0.4 is 10.1 Å². The number of methoxy groups -OCH3 is 1. The minimum atomic E-state index is -1.19. The van der Waals surface area contributed by atoms with E-state index >= 15 is 0 Å². The van der Waals surface area contributed by atoms with Crippen molar-refractivity contribution in [3.8, 4) is 5.75 Å². The lowest BCUT2D eigenvalue weighted by molar-refractivity contribution is -0.131. The van der Waals surface area contributed by atoms with E-state index in [9.17, 15) is 14.0 Å². The largest absolute Gasteiger partial charge is 0.494 e. The number of ether oxygens (including phenoxy) is 1. The number of urea groups is 1. The van der Waals surface area contributed by atoms with Gasteiger partial charge < -0.3 is 10.1 Å². The number of hydrogen-bond donors (Lipinski definition) is 1. The summed E-state index contributed by atoms with van der Waals surface area (Å²) in [6.07, 6.45) is 0. The molecule has 1 fully saturated rings. The highest BCUT2D eigenvalue weighted by molar-refractivity contribution is 6.09. The zero-order chi connectivity index (χ0) is 19.9. The first-order chi connectivity index (χ1) is 13.4. The fraction of sp³-hybridized carbons (Fsp3) is 0.182. The molecule has 5 nitrogen and oxygen atoms in total. The van der Waals surface area contributed by atoms with Crippen molar-refractivity contribution in [1.82, 2.24) is 10.2 Å². The van der Waals surface area contributed by atoms with E-state index in [1.807, 2.05) is 42.5 Å². The van der Waals surface area contributed by atoms with Gasteiger partial charge in [-0.25, -0.2) is 9.18 Å². The number of amides is 3. The Kier molecular flexibility index (Phi) is 4.26. The number of carbonyl (C=O) groups is 2. The number of hydrogen-bond acceptors (Lipinski definition) is 3. The van der Waals surface area contributed by atoms with Gasteiger partial charge >= 0.3 is 6.03 Å². The Morgan fingerprint density at radius 3 is 2.57 bits per heavy atom. The summed E-state index contributed by atoms with van der Waals surface area (Å²) in [5, 5.41) is 4.70. The van der Waals surface area contributed by atoms with E-state index in [1.165, 1.54) is 19.2 Å². The van der Waals surface area contributed by atoms with Gasteiger partial charge in [0.1, 0.15) is 5.54 Å². The molecule has 0 radical (unpaired) electrons. The Bertz CT molecular complexity index is 1090. The average molecular weight is 378 g/mol. The van der Waals surface area contributed by atoms with Crippen molar-refractivity contribution in [2.24, 2.45) is 0 Å². The number of imide groups is 1. The first-order valence-corrected chi connectivity index (χ1v) is 8.89. The molecule has 3 amide bonds. The molecule has 1 aliphatic rings. The number of nitrogens with zero attached hydrogens (tertiary/aromatic N) is 1. The van der Waals surface area contributed by atoms with Gasteiger partial charge in [0.25, 0.3) is 5.91 Å². The highest BCUT2D eigenvalue weighted by atomic mass is 19.1. The van der Waals surface area contributed by atoms with Crippen LogP contribution in [0.3, 0.4) is 0 Å². The Balaban J connectivity index is 1.69. The quantitative estimate of drug-likeness (QED) is 0.700. The molecule has 28 heavy (non-hydrogen) atoms. The van der Waals surface area contributed by atoms with Crippen molar-refractivity contribution in [3.63, 3.8) is 0 Å². The lowest BCUT2D eigenvalue weighted by atomic mass is 9.88. The maximum Gasteiger partial charge on any atom is 0.325 e. The number of nitrogens with one attached hydrogen (secondary N) is 1. The van der Waals surface area contributed by atoms with E-state index in [1.54, 1.807) is 13.0 Å². The van der Waals surface area contributed by atoms with E-state index in [4.69, 9.17) is 4.74 Å². The molecule has 0 aliphatic carbocycles. The summed E-state index contributed by atoms with van der Waals surface area (Å²) in [6, 6.07) is 17.3. The minimum absolute atomic E-state index is 0.0219. The molecule has 1 atom stereocenters. The second kappa shape index (κ2) is 6.64. The first-order valence-electron chi connectivity index (χ1n) is 8.89. The number of fused-ring (bicyclic) bond motifs is 1. The number of halogens is 1. The van der Waals surface area contributed by atoms with Gasteiger partial charge in [0.15, 0.2) is 11.6 Å². The van der Waals surface area contributed by atoms with Crippen LogP contribution in [0, 0.1) is 5.82 Å². The first kappa shape index (κ1) is 18.0. The van der Waals surface area contributed by atoms with Gasteiger partial charge in [-0.3, -0.25) is 9.69 Å². The Morgan fingerprint density at radius 1 is 1.07 bits per heavy atom. The van der Waals surface area contributed by atoms with Crippen molar-refractivity contribution in [3.05, 3.63) is 77.6 Å². The van der Waals surface area contributed by atoms with Crippen LogP contribution in [0.1, 0.15) is 18.1 Å². The third-order valence-electron chi connectivity index (χ3n) is 5.16. The van der Waals surface area contributed by atoms with E-state index in [0.29, 0.717) is 5.56 Å². The zero-order valence-corrected chi connectivity index (χ0v) is 15.5. The normalized spacial score (nSPS) is 19.2. The molecular formula is C22H19FN2O3. The topological polar surface area (TPSA) is 58.6 Å². The van der Waals surface area contributed by atoms with E-state index in [0.717, 1.165) is 21.2 Å². The summed E-state index contributed by atoms with van der Waals surface area (Å²) >= 11 is 0. The summed E-state index contributed by atoms with van der Waals surface area (Å²) in [5.74, 6) is -0.796. The maximum atomic E-state index is 14.0. The van der Waals surface area contributed by atoms with Crippen LogP contribution in [0.25, 0.3) is 10.8 Å². The fourth-order valence-electron chi connectivity index (χ4n) is 3.68. The summed E-state index contributed by atoms with van der Waals surface area (Å²) in [6.45, 7) is 1.68. The predicted molar refractivity (Wildman–Crippen MR) is 103 cm³/mol. The molecule has 0 aromatic heterocycles. The highest BCUT2D eigenvalue weighted by Gasteiger charge is 2.49. The van der Waals surface area contributed by atoms with Crippen molar-refractivity contribution < 1.29 is 18.7 Å². The van der Waals surface area contributed by atoms with Gasteiger partial charge in [-0.1, -0.05) is 48.5 Å². The van der Waals surface area contributed by atoms with E-state index in [2.05, 4.69) is 5.32 Å². The van der Waals surface area contributed by atoms with Gasteiger partial charge in [-0.2, -0.15) is 0 Å². The van der Waals surface area contributed by atoms with Gasteiger partial charge in [0, 0.05) is 0 Å². The van der Waals surface area contributed by atoms with Crippen molar-refractivity contribution in [2.75, 3.05) is 7.11 Å². The van der Waals surface area contributed by atoms with Crippen molar-refractivity contribution in [2.45, 2.75) is 19.0 Å². The lowest BCUT2D eigenvalue weighted by Crippen LogP contribution is -2.41. The Hall–Kier alpha value is -3.41. The van der Waals surface area contributed by atoms with Crippen molar-refractivity contribution >= 4 is 22.7 Å². The van der Waals surface area contributed by atoms with Gasteiger partial charge in [-0.05, 0) is 41.0 Å². The van der Waals surface area contributed by atoms with Crippen LogP contribution in [0.4, 0.5) is 9.18 Å². The number of rotatable bonds is 4. The SMILES string of the molecule is COc1ccc(CN2C(=O)N[C@@](C)(c3cccc4ccccc34)C2=O)cc1F. The molecule has 0 bridgehead atoms. The summed E-state index contributed by atoms with van der Waals surface area (Å²) in [5.41, 5.74) is 0.0412. The van der Waals surface area contributed by atoms with Gasteiger partial charge in [0.2, 0.25) is 0 Å². The fourth-order valence-corrected chi connectivity index (χ4v) is 3.68. The van der Waals surface area contributed by atoms with Crippen LogP contribution >= 0.6 is 0 Å². The third-order valence-corrected chi connectivity index (χ3v) is 5.16. The van der Waals surface area contributed by atoms with E-state index in [-0.39, 0.29) is 18.2 Å². The van der Waals surface area contributed by atoms with Gasteiger partial charge in [-0.15, -0.1) is 0 Å². The van der Waals surface area contributed by atoms with Crippen LogP contribution in [-0.4, -0.2) is 23.9 Å². The molecular weight excluding hydrogens is 359 g/mol. The molecule has 1 N–H and O–H groups in total. The van der Waals surface area contributed by atoms with Crippen LogP contribution in [0.15, 0.2) is 60.7 Å². The van der Waals surface area contributed by atoms with E-state index < -0.39 is 17.4 Å².